The average molecular weight is 357 g/mol. The van der Waals surface area contributed by atoms with Gasteiger partial charge in [0.1, 0.15) is 0 Å². The first-order valence-electron chi connectivity index (χ1n) is 10.1. The zero-order valence-electron chi connectivity index (χ0n) is 16.7. The minimum absolute atomic E-state index is 1.27. The standard InChI is InChI=1S/C22H36Si2/c1-7-23(8-2,9-3)21-15-13-20-18-22(16-14-19(20)17-21)24(10-4,11-5)12-6/h13-18H,7-12H2,1-6H3. The zero-order valence-corrected chi connectivity index (χ0v) is 18.7. The second kappa shape index (κ2) is 8.01. The molecular formula is C22H36Si2. The Morgan fingerprint density at radius 1 is 0.500 bits per heavy atom. The predicted molar refractivity (Wildman–Crippen MR) is 118 cm³/mol. The van der Waals surface area contributed by atoms with Gasteiger partial charge in [0.25, 0.3) is 0 Å². The molecule has 0 saturated heterocycles. The second-order valence-corrected chi connectivity index (χ2v) is 18.0. The summed E-state index contributed by atoms with van der Waals surface area (Å²) in [5.41, 5.74) is 0. The van der Waals surface area contributed by atoms with Gasteiger partial charge in [0.05, 0.1) is 16.1 Å². The van der Waals surface area contributed by atoms with Crippen LogP contribution in [0.1, 0.15) is 41.5 Å². The third kappa shape index (κ3) is 3.28. The second-order valence-electron chi connectivity index (χ2n) is 7.46. The average Bonchev–Trinajstić information content (AvgIpc) is 2.65. The normalized spacial score (nSPS) is 12.8. The molecule has 0 nitrogen and oxygen atoms in total. The highest BCUT2D eigenvalue weighted by molar-refractivity contribution is 6.92. The number of hydrogen-bond donors (Lipinski definition) is 0. The van der Waals surface area contributed by atoms with Crippen LogP contribution >= 0.6 is 0 Å². The lowest BCUT2D eigenvalue weighted by Gasteiger charge is -2.30. The molecular weight excluding hydrogens is 320 g/mol. The van der Waals surface area contributed by atoms with Crippen LogP contribution in [0.3, 0.4) is 0 Å². The Morgan fingerprint density at radius 3 is 1.04 bits per heavy atom. The third-order valence-electron chi connectivity index (χ3n) is 7.13. The van der Waals surface area contributed by atoms with Crippen LogP contribution in [0.5, 0.6) is 0 Å². The van der Waals surface area contributed by atoms with Crippen molar-refractivity contribution >= 4 is 37.3 Å². The van der Waals surface area contributed by atoms with Crippen molar-refractivity contribution in [1.82, 2.24) is 0 Å². The van der Waals surface area contributed by atoms with E-state index in [-0.39, 0.29) is 0 Å². The van der Waals surface area contributed by atoms with Crippen LogP contribution in [0, 0.1) is 0 Å². The lowest BCUT2D eigenvalue weighted by atomic mass is 10.1. The van der Waals surface area contributed by atoms with E-state index in [2.05, 4.69) is 77.9 Å². The summed E-state index contributed by atoms with van der Waals surface area (Å²) in [6.45, 7) is 14.4. The molecule has 0 fully saturated rings. The fraction of sp³-hybridized carbons (Fsp3) is 0.545. The van der Waals surface area contributed by atoms with Gasteiger partial charge < -0.3 is 0 Å². The summed E-state index contributed by atoms with van der Waals surface area (Å²) >= 11 is 0. The molecule has 0 radical (unpaired) electrons. The fourth-order valence-electron chi connectivity index (χ4n) is 4.63. The van der Waals surface area contributed by atoms with E-state index in [4.69, 9.17) is 0 Å². The highest BCUT2D eigenvalue weighted by Gasteiger charge is 2.30. The van der Waals surface area contributed by atoms with Crippen LogP contribution in [0.25, 0.3) is 10.8 Å². The van der Waals surface area contributed by atoms with Gasteiger partial charge in [-0.1, -0.05) is 125 Å². The molecule has 0 N–H and O–H groups in total. The van der Waals surface area contributed by atoms with Gasteiger partial charge in [-0.2, -0.15) is 0 Å². The van der Waals surface area contributed by atoms with E-state index in [1.54, 1.807) is 10.4 Å². The molecule has 2 aromatic rings. The minimum atomic E-state index is -1.27. The van der Waals surface area contributed by atoms with E-state index in [9.17, 15) is 0 Å². The third-order valence-corrected chi connectivity index (χ3v) is 18.3. The van der Waals surface area contributed by atoms with E-state index >= 15 is 0 Å². The highest BCUT2D eigenvalue weighted by atomic mass is 28.3. The molecule has 2 heteroatoms. The monoisotopic (exact) mass is 356 g/mol. The van der Waals surface area contributed by atoms with Crippen molar-refractivity contribution < 1.29 is 0 Å². The Labute approximate surface area is 151 Å². The van der Waals surface area contributed by atoms with E-state index in [1.165, 1.54) is 47.0 Å². The van der Waals surface area contributed by atoms with Crippen molar-refractivity contribution in [1.29, 1.82) is 0 Å². The van der Waals surface area contributed by atoms with E-state index in [0.717, 1.165) is 0 Å². The Hall–Kier alpha value is -0.866. The number of rotatable bonds is 8. The van der Waals surface area contributed by atoms with Crippen LogP contribution < -0.4 is 10.4 Å². The Morgan fingerprint density at radius 2 is 0.792 bits per heavy atom. The first-order valence-corrected chi connectivity index (χ1v) is 15.3. The molecule has 24 heavy (non-hydrogen) atoms. The van der Waals surface area contributed by atoms with Crippen LogP contribution in [0.4, 0.5) is 0 Å². The first kappa shape index (κ1) is 19.5. The molecule has 0 unspecified atom stereocenters. The van der Waals surface area contributed by atoms with Crippen molar-refractivity contribution in [3.05, 3.63) is 36.4 Å². The maximum absolute atomic E-state index is 2.52. The molecule has 0 aliphatic carbocycles. The summed E-state index contributed by atoms with van der Waals surface area (Å²) in [5.74, 6) is 0. The summed E-state index contributed by atoms with van der Waals surface area (Å²) in [5, 5.41) is 6.24. The molecule has 132 valence electrons. The summed E-state index contributed by atoms with van der Waals surface area (Å²) in [7, 11) is -2.55. The van der Waals surface area contributed by atoms with Crippen molar-refractivity contribution in [2.45, 2.75) is 77.8 Å². The molecule has 0 bridgehead atoms. The molecule has 0 spiro atoms. The molecule has 0 aliphatic rings. The molecule has 0 saturated carbocycles. The van der Waals surface area contributed by atoms with Crippen LogP contribution in [0.15, 0.2) is 36.4 Å². The van der Waals surface area contributed by atoms with Crippen molar-refractivity contribution in [2.75, 3.05) is 0 Å². The summed E-state index contributed by atoms with van der Waals surface area (Å²) in [4.78, 5) is 0. The Kier molecular flexibility index (Phi) is 6.49. The predicted octanol–water partition coefficient (Wildman–Crippen LogP) is 6.27. The molecule has 0 atom stereocenters. The topological polar surface area (TPSA) is 0 Å². The van der Waals surface area contributed by atoms with Gasteiger partial charge in [0.15, 0.2) is 0 Å². The highest BCUT2D eigenvalue weighted by Crippen LogP contribution is 2.25. The Bertz CT molecular complexity index is 591. The smallest absolute Gasteiger partial charge is 0.0675 e. The summed E-state index contributed by atoms with van der Waals surface area (Å²) in [6.07, 6.45) is 0. The van der Waals surface area contributed by atoms with Gasteiger partial charge in [-0.05, 0) is 10.8 Å². The molecule has 0 aromatic heterocycles. The maximum atomic E-state index is 2.52. The van der Waals surface area contributed by atoms with Gasteiger partial charge in [0, 0.05) is 0 Å². The van der Waals surface area contributed by atoms with E-state index < -0.39 is 16.1 Å². The summed E-state index contributed by atoms with van der Waals surface area (Å²) in [6, 6.07) is 23.0. The number of benzene rings is 2. The lowest BCUT2D eigenvalue weighted by molar-refractivity contribution is 1.19. The van der Waals surface area contributed by atoms with Gasteiger partial charge in [-0.25, -0.2) is 0 Å². The molecule has 2 rings (SSSR count). The van der Waals surface area contributed by atoms with Crippen molar-refractivity contribution in [2.24, 2.45) is 0 Å². The molecule has 0 heterocycles. The van der Waals surface area contributed by atoms with Crippen LogP contribution in [-0.2, 0) is 0 Å². The van der Waals surface area contributed by atoms with Gasteiger partial charge in [-0.15, -0.1) is 0 Å². The van der Waals surface area contributed by atoms with E-state index in [1.807, 2.05) is 0 Å². The molecule has 2 aromatic carbocycles. The number of hydrogen-bond acceptors (Lipinski definition) is 0. The lowest BCUT2D eigenvalue weighted by Crippen LogP contribution is -2.46. The summed E-state index contributed by atoms with van der Waals surface area (Å²) < 4.78 is 0. The van der Waals surface area contributed by atoms with Gasteiger partial charge >= 0.3 is 0 Å². The quantitative estimate of drug-likeness (QED) is 0.489. The van der Waals surface area contributed by atoms with Crippen molar-refractivity contribution in [3.63, 3.8) is 0 Å². The first-order chi connectivity index (χ1) is 11.5. The SMILES string of the molecule is CC[Si](CC)(CC)c1ccc2cc([Si](CC)(CC)CC)ccc2c1. The fourth-order valence-corrected chi connectivity index (χ4v) is 11.9. The molecule has 0 amide bonds. The van der Waals surface area contributed by atoms with Crippen LogP contribution in [0.2, 0.25) is 36.3 Å². The maximum Gasteiger partial charge on any atom is 0.0859 e. The largest absolute Gasteiger partial charge is 0.0859 e. The van der Waals surface area contributed by atoms with Gasteiger partial charge in [-0.3, -0.25) is 0 Å². The van der Waals surface area contributed by atoms with Crippen LogP contribution in [-0.4, -0.2) is 16.1 Å². The Balaban J connectivity index is 2.53. The van der Waals surface area contributed by atoms with Crippen molar-refractivity contribution in [3.8, 4) is 0 Å². The number of fused-ring (bicyclic) bond motifs is 1. The van der Waals surface area contributed by atoms with E-state index in [0.29, 0.717) is 0 Å². The zero-order chi connectivity index (χ0) is 17.8. The minimum Gasteiger partial charge on any atom is -0.0675 e. The van der Waals surface area contributed by atoms with Gasteiger partial charge in [0.2, 0.25) is 0 Å². The molecule has 0 aliphatic heterocycles.